The van der Waals surface area contributed by atoms with Gasteiger partial charge in [0.1, 0.15) is 5.60 Å². The first-order chi connectivity index (χ1) is 8.13. The van der Waals surface area contributed by atoms with E-state index in [-0.39, 0.29) is 17.9 Å². The van der Waals surface area contributed by atoms with Gasteiger partial charge in [-0.05, 0) is 27.2 Å². The summed E-state index contributed by atoms with van der Waals surface area (Å²) < 4.78 is 28.0. The molecule has 0 unspecified atom stereocenters. The molecule has 6 nitrogen and oxygen atoms in total. The Morgan fingerprint density at radius 2 is 2.06 bits per heavy atom. The van der Waals surface area contributed by atoms with E-state index >= 15 is 0 Å². The third-order valence-corrected chi connectivity index (χ3v) is 4.25. The molecular weight excluding hydrogens is 256 g/mol. The van der Waals surface area contributed by atoms with Gasteiger partial charge in [0, 0.05) is 0 Å². The fourth-order valence-electron chi connectivity index (χ4n) is 1.74. The van der Waals surface area contributed by atoms with Gasteiger partial charge in [-0.15, -0.1) is 0 Å². The second-order valence-corrected chi connectivity index (χ2v) is 7.62. The maximum atomic E-state index is 11.6. The summed E-state index contributed by atoms with van der Waals surface area (Å²) in [6, 6.07) is 1.33. The summed E-state index contributed by atoms with van der Waals surface area (Å²) in [5.41, 5.74) is -0.653. The Kier molecular flexibility index (Phi) is 4.22. The van der Waals surface area contributed by atoms with Crippen molar-refractivity contribution >= 4 is 15.9 Å². The topological polar surface area (TPSA) is 96.3 Å². The number of hydrogen-bond donors (Lipinski definition) is 1. The van der Waals surface area contributed by atoms with Crippen LogP contribution in [0.3, 0.4) is 0 Å². The highest BCUT2D eigenvalue weighted by atomic mass is 32.2. The van der Waals surface area contributed by atoms with Crippen LogP contribution in [0.5, 0.6) is 0 Å². The number of hydrogen-bond acceptors (Lipinski definition) is 5. The number of nitrogens with zero attached hydrogens (tertiary/aromatic N) is 1. The molecule has 1 aliphatic rings. The lowest BCUT2D eigenvalue weighted by atomic mass is 10.00. The molecule has 0 aromatic heterocycles. The van der Waals surface area contributed by atoms with E-state index in [2.05, 4.69) is 5.32 Å². The molecule has 0 aliphatic carbocycles. The predicted molar refractivity (Wildman–Crippen MR) is 65.5 cm³/mol. The zero-order chi connectivity index (χ0) is 14.0. The Labute approximate surface area is 107 Å². The summed E-state index contributed by atoms with van der Waals surface area (Å²) in [5.74, 6) is -0.691. The summed E-state index contributed by atoms with van der Waals surface area (Å²) in [4.78, 5) is 11.6. The van der Waals surface area contributed by atoms with Crippen LogP contribution in [-0.4, -0.2) is 37.7 Å². The maximum absolute atomic E-state index is 11.6. The van der Waals surface area contributed by atoms with Crippen LogP contribution in [-0.2, 0) is 14.6 Å². The van der Waals surface area contributed by atoms with E-state index in [0.717, 1.165) is 0 Å². The van der Waals surface area contributed by atoms with Crippen molar-refractivity contribution < 1.29 is 17.9 Å². The summed E-state index contributed by atoms with van der Waals surface area (Å²) in [5, 5.41) is 11.4. The normalized spacial score (nSPS) is 27.0. The SMILES string of the molecule is CC(C)(C)OC(=O)N[C@@H]1CS(=O)(=O)CC[C@H]1C#N. The van der Waals surface area contributed by atoms with E-state index in [1.54, 1.807) is 20.8 Å². The Balaban J connectivity index is 2.68. The standard InChI is InChI=1S/C11H18N2O4S/c1-11(2,3)17-10(14)13-9-7-18(15,16)5-4-8(9)6-12/h8-9H,4-5,7H2,1-3H3,(H,13,14)/t8-,9+/m0/s1. The van der Waals surface area contributed by atoms with E-state index in [1.165, 1.54) is 0 Å². The molecular formula is C11H18N2O4S. The molecule has 0 saturated carbocycles. The van der Waals surface area contributed by atoms with Crippen molar-refractivity contribution in [1.29, 1.82) is 5.26 Å². The number of carbonyl (C=O) groups excluding carboxylic acids is 1. The minimum Gasteiger partial charge on any atom is -0.444 e. The van der Waals surface area contributed by atoms with Crippen molar-refractivity contribution in [1.82, 2.24) is 5.32 Å². The number of amides is 1. The van der Waals surface area contributed by atoms with Crippen molar-refractivity contribution in [3.05, 3.63) is 0 Å². The fraction of sp³-hybridized carbons (Fsp3) is 0.818. The molecule has 1 N–H and O–H groups in total. The zero-order valence-electron chi connectivity index (χ0n) is 10.8. The van der Waals surface area contributed by atoms with Gasteiger partial charge in [0.25, 0.3) is 0 Å². The quantitative estimate of drug-likeness (QED) is 0.764. The average Bonchev–Trinajstić information content (AvgIpc) is 2.13. The Hall–Kier alpha value is -1.29. The highest BCUT2D eigenvalue weighted by molar-refractivity contribution is 7.91. The van der Waals surface area contributed by atoms with Crippen LogP contribution in [0.25, 0.3) is 0 Å². The molecule has 1 rings (SSSR count). The Morgan fingerprint density at radius 3 is 2.56 bits per heavy atom. The van der Waals surface area contributed by atoms with Crippen LogP contribution in [0, 0.1) is 17.2 Å². The van der Waals surface area contributed by atoms with E-state index in [4.69, 9.17) is 10.00 Å². The second kappa shape index (κ2) is 5.14. The third kappa shape index (κ3) is 4.53. The van der Waals surface area contributed by atoms with Gasteiger partial charge in [0.05, 0.1) is 29.5 Å². The maximum Gasteiger partial charge on any atom is 0.407 e. The lowest BCUT2D eigenvalue weighted by Gasteiger charge is -2.28. The fourth-order valence-corrected chi connectivity index (χ4v) is 3.38. The third-order valence-electron chi connectivity index (χ3n) is 2.53. The highest BCUT2D eigenvalue weighted by Crippen LogP contribution is 2.19. The zero-order valence-corrected chi connectivity index (χ0v) is 11.6. The number of alkyl carbamates (subject to hydrolysis) is 1. The molecule has 1 amide bonds. The number of ether oxygens (including phenoxy) is 1. The average molecular weight is 274 g/mol. The van der Waals surface area contributed by atoms with Crippen LogP contribution < -0.4 is 5.32 Å². The van der Waals surface area contributed by atoms with Gasteiger partial charge in [-0.25, -0.2) is 13.2 Å². The molecule has 18 heavy (non-hydrogen) atoms. The smallest absolute Gasteiger partial charge is 0.407 e. The van der Waals surface area contributed by atoms with Crippen LogP contribution in [0.4, 0.5) is 4.79 Å². The van der Waals surface area contributed by atoms with Crippen molar-refractivity contribution in [2.75, 3.05) is 11.5 Å². The van der Waals surface area contributed by atoms with Gasteiger partial charge in [0.2, 0.25) is 0 Å². The van der Waals surface area contributed by atoms with E-state index in [0.29, 0.717) is 0 Å². The molecule has 0 bridgehead atoms. The van der Waals surface area contributed by atoms with Crippen molar-refractivity contribution in [2.45, 2.75) is 38.8 Å². The largest absolute Gasteiger partial charge is 0.444 e. The minimum absolute atomic E-state index is 0.00226. The molecule has 0 aromatic rings. The van der Waals surface area contributed by atoms with Crippen LogP contribution in [0.1, 0.15) is 27.2 Å². The first-order valence-electron chi connectivity index (χ1n) is 5.72. The van der Waals surface area contributed by atoms with Gasteiger partial charge >= 0.3 is 6.09 Å². The number of rotatable bonds is 1. The van der Waals surface area contributed by atoms with Gasteiger partial charge in [-0.2, -0.15) is 5.26 Å². The molecule has 1 aliphatic heterocycles. The molecule has 1 fully saturated rings. The number of carbonyl (C=O) groups is 1. The Morgan fingerprint density at radius 1 is 1.44 bits per heavy atom. The summed E-state index contributed by atoms with van der Waals surface area (Å²) >= 11 is 0. The summed E-state index contributed by atoms with van der Waals surface area (Å²) in [6.07, 6.45) is -0.441. The van der Waals surface area contributed by atoms with Crippen LogP contribution >= 0.6 is 0 Å². The van der Waals surface area contributed by atoms with Crippen molar-refractivity contribution in [2.24, 2.45) is 5.92 Å². The first kappa shape index (κ1) is 14.8. The lowest BCUT2D eigenvalue weighted by molar-refractivity contribution is 0.0498. The molecule has 102 valence electrons. The second-order valence-electron chi connectivity index (χ2n) is 5.39. The van der Waals surface area contributed by atoms with E-state index in [1.807, 2.05) is 6.07 Å². The van der Waals surface area contributed by atoms with Crippen LogP contribution in [0.15, 0.2) is 0 Å². The molecule has 1 saturated heterocycles. The van der Waals surface area contributed by atoms with E-state index in [9.17, 15) is 13.2 Å². The molecule has 7 heteroatoms. The summed E-state index contributed by atoms with van der Waals surface area (Å²) in [6.45, 7) is 5.14. The van der Waals surface area contributed by atoms with E-state index < -0.39 is 33.5 Å². The Bertz CT molecular complexity index is 458. The number of sulfone groups is 1. The summed E-state index contributed by atoms with van der Waals surface area (Å²) in [7, 11) is -3.19. The highest BCUT2D eigenvalue weighted by Gasteiger charge is 2.35. The lowest BCUT2D eigenvalue weighted by Crippen LogP contribution is -2.49. The van der Waals surface area contributed by atoms with Crippen LogP contribution in [0.2, 0.25) is 0 Å². The van der Waals surface area contributed by atoms with Gasteiger partial charge in [-0.1, -0.05) is 0 Å². The molecule has 0 radical (unpaired) electrons. The number of nitriles is 1. The van der Waals surface area contributed by atoms with Crippen molar-refractivity contribution in [3.63, 3.8) is 0 Å². The first-order valence-corrected chi connectivity index (χ1v) is 7.55. The van der Waals surface area contributed by atoms with Gasteiger partial charge in [0.15, 0.2) is 9.84 Å². The molecule has 0 aromatic carbocycles. The van der Waals surface area contributed by atoms with Gasteiger partial charge < -0.3 is 10.1 Å². The monoisotopic (exact) mass is 274 g/mol. The number of nitrogens with one attached hydrogen (secondary N) is 1. The molecule has 2 atom stereocenters. The van der Waals surface area contributed by atoms with Gasteiger partial charge in [-0.3, -0.25) is 0 Å². The molecule has 0 spiro atoms. The predicted octanol–water partition coefficient (Wildman–Crippen LogP) is 0.838. The minimum atomic E-state index is -3.19. The molecule has 1 heterocycles. The van der Waals surface area contributed by atoms with Crippen molar-refractivity contribution in [3.8, 4) is 6.07 Å².